The molecule has 1 fully saturated rings. The third-order valence-corrected chi connectivity index (χ3v) is 2.38. The van der Waals surface area contributed by atoms with Crippen LogP contribution in [0.25, 0.3) is 0 Å². The first-order chi connectivity index (χ1) is 6.34. The number of rotatable bonds is 5. The predicted molar refractivity (Wildman–Crippen MR) is 51.8 cm³/mol. The molecule has 2 unspecified atom stereocenters. The molecular formula is C9H20N2O2. The zero-order valence-electron chi connectivity index (χ0n) is 8.25. The second-order valence-electron chi connectivity index (χ2n) is 3.47. The Kier molecular flexibility index (Phi) is 5.31. The Labute approximate surface area is 79.7 Å². The molecule has 0 radical (unpaired) electrons. The second kappa shape index (κ2) is 6.32. The van der Waals surface area contributed by atoms with Crippen LogP contribution in [0.15, 0.2) is 0 Å². The summed E-state index contributed by atoms with van der Waals surface area (Å²) in [5.41, 5.74) is 0. The van der Waals surface area contributed by atoms with Crippen molar-refractivity contribution in [1.29, 1.82) is 0 Å². The molecule has 1 rings (SSSR count). The fraction of sp³-hybridized carbons (Fsp3) is 1.00. The summed E-state index contributed by atoms with van der Waals surface area (Å²) in [6, 6.07) is 0.214. The average Bonchev–Trinajstić information content (AvgIpc) is 2.15. The first-order valence-electron chi connectivity index (χ1n) is 4.95. The van der Waals surface area contributed by atoms with Crippen LogP contribution < -0.4 is 10.6 Å². The van der Waals surface area contributed by atoms with Crippen molar-refractivity contribution in [2.75, 3.05) is 33.4 Å². The van der Waals surface area contributed by atoms with Crippen molar-refractivity contribution in [2.24, 2.45) is 0 Å². The van der Waals surface area contributed by atoms with E-state index in [2.05, 4.69) is 10.6 Å². The molecule has 0 aromatic rings. The molecule has 78 valence electrons. The van der Waals surface area contributed by atoms with E-state index in [0.717, 1.165) is 39.1 Å². The Bertz CT molecular complexity index is 133. The Morgan fingerprint density at radius 3 is 3.15 bits per heavy atom. The van der Waals surface area contributed by atoms with Gasteiger partial charge in [0, 0.05) is 26.3 Å². The minimum atomic E-state index is -0.191. The lowest BCUT2D eigenvalue weighted by Crippen LogP contribution is -2.52. The zero-order chi connectivity index (χ0) is 9.52. The monoisotopic (exact) mass is 188 g/mol. The van der Waals surface area contributed by atoms with Crippen LogP contribution in [0.3, 0.4) is 0 Å². The van der Waals surface area contributed by atoms with Gasteiger partial charge in [-0.3, -0.25) is 0 Å². The van der Waals surface area contributed by atoms with E-state index in [1.54, 1.807) is 7.11 Å². The highest BCUT2D eigenvalue weighted by Crippen LogP contribution is 2.02. The van der Waals surface area contributed by atoms with Crippen LogP contribution in [-0.2, 0) is 4.74 Å². The highest BCUT2D eigenvalue weighted by atomic mass is 16.5. The molecule has 2 atom stereocenters. The summed E-state index contributed by atoms with van der Waals surface area (Å²) in [6.45, 7) is 3.49. The van der Waals surface area contributed by atoms with Gasteiger partial charge in [-0.05, 0) is 25.9 Å². The molecule has 1 saturated heterocycles. The molecule has 0 aromatic carbocycles. The van der Waals surface area contributed by atoms with Gasteiger partial charge in [-0.1, -0.05) is 0 Å². The van der Waals surface area contributed by atoms with E-state index in [0.29, 0.717) is 0 Å². The van der Waals surface area contributed by atoms with Crippen LogP contribution in [0.4, 0.5) is 0 Å². The summed E-state index contributed by atoms with van der Waals surface area (Å²) in [5, 5.41) is 16.2. The highest BCUT2D eigenvalue weighted by molar-refractivity contribution is 4.82. The molecule has 1 aliphatic heterocycles. The number of hydrogen-bond donors (Lipinski definition) is 3. The number of methoxy groups -OCH3 is 1. The predicted octanol–water partition coefficient (Wildman–Crippen LogP) is -0.665. The molecule has 0 amide bonds. The van der Waals surface area contributed by atoms with Crippen molar-refractivity contribution in [3.05, 3.63) is 0 Å². The van der Waals surface area contributed by atoms with Crippen LogP contribution in [0.5, 0.6) is 0 Å². The van der Waals surface area contributed by atoms with Crippen molar-refractivity contribution >= 4 is 0 Å². The lowest BCUT2D eigenvalue weighted by molar-refractivity contribution is 0.0973. The van der Waals surface area contributed by atoms with E-state index >= 15 is 0 Å². The number of aliphatic hydroxyl groups excluding tert-OH is 1. The Morgan fingerprint density at radius 2 is 2.46 bits per heavy atom. The van der Waals surface area contributed by atoms with Crippen LogP contribution in [0, 0.1) is 0 Å². The fourth-order valence-electron chi connectivity index (χ4n) is 1.56. The van der Waals surface area contributed by atoms with Crippen LogP contribution >= 0.6 is 0 Å². The summed E-state index contributed by atoms with van der Waals surface area (Å²) in [7, 11) is 1.71. The number of aliphatic hydroxyl groups is 1. The van der Waals surface area contributed by atoms with E-state index in [9.17, 15) is 5.11 Å². The first-order valence-corrected chi connectivity index (χ1v) is 4.95. The van der Waals surface area contributed by atoms with Crippen molar-refractivity contribution in [2.45, 2.75) is 25.0 Å². The van der Waals surface area contributed by atoms with Gasteiger partial charge in [0.2, 0.25) is 0 Å². The van der Waals surface area contributed by atoms with Gasteiger partial charge in [0.25, 0.3) is 0 Å². The maximum Gasteiger partial charge on any atom is 0.0717 e. The standard InChI is InChI=1S/C9H20N2O2/c1-13-6-2-4-11-8-7-10-5-3-9(8)12/h8-12H,2-7H2,1H3. The van der Waals surface area contributed by atoms with Gasteiger partial charge in [0.15, 0.2) is 0 Å². The topological polar surface area (TPSA) is 53.5 Å². The molecule has 4 heteroatoms. The summed E-state index contributed by atoms with van der Waals surface area (Å²) in [4.78, 5) is 0. The van der Waals surface area contributed by atoms with Crippen molar-refractivity contribution in [3.8, 4) is 0 Å². The molecule has 0 aliphatic carbocycles. The van der Waals surface area contributed by atoms with Crippen LogP contribution in [-0.4, -0.2) is 50.6 Å². The number of hydrogen-bond acceptors (Lipinski definition) is 4. The van der Waals surface area contributed by atoms with E-state index in [-0.39, 0.29) is 12.1 Å². The molecule has 13 heavy (non-hydrogen) atoms. The van der Waals surface area contributed by atoms with Gasteiger partial charge in [0.1, 0.15) is 0 Å². The molecule has 4 nitrogen and oxygen atoms in total. The Morgan fingerprint density at radius 1 is 1.62 bits per heavy atom. The zero-order valence-corrected chi connectivity index (χ0v) is 8.25. The van der Waals surface area contributed by atoms with Gasteiger partial charge in [0.05, 0.1) is 6.10 Å². The normalized spacial score (nSPS) is 29.1. The number of piperidine rings is 1. The van der Waals surface area contributed by atoms with Gasteiger partial charge < -0.3 is 20.5 Å². The maximum atomic E-state index is 9.59. The van der Waals surface area contributed by atoms with E-state index in [1.807, 2.05) is 0 Å². The van der Waals surface area contributed by atoms with Crippen LogP contribution in [0.2, 0.25) is 0 Å². The SMILES string of the molecule is COCCCNC1CNCCC1O. The summed E-state index contributed by atoms with van der Waals surface area (Å²) < 4.78 is 4.94. The van der Waals surface area contributed by atoms with Crippen LogP contribution in [0.1, 0.15) is 12.8 Å². The number of nitrogens with one attached hydrogen (secondary N) is 2. The molecule has 0 saturated carbocycles. The van der Waals surface area contributed by atoms with E-state index in [4.69, 9.17) is 4.74 Å². The second-order valence-corrected chi connectivity index (χ2v) is 3.47. The largest absolute Gasteiger partial charge is 0.391 e. The number of ether oxygens (including phenoxy) is 1. The first kappa shape index (κ1) is 10.9. The summed E-state index contributed by atoms with van der Waals surface area (Å²) >= 11 is 0. The van der Waals surface area contributed by atoms with Crippen molar-refractivity contribution < 1.29 is 9.84 Å². The Balaban J connectivity index is 2.05. The molecule has 1 aliphatic rings. The smallest absolute Gasteiger partial charge is 0.0717 e. The van der Waals surface area contributed by atoms with Gasteiger partial charge in [-0.2, -0.15) is 0 Å². The van der Waals surface area contributed by atoms with Crippen molar-refractivity contribution in [1.82, 2.24) is 10.6 Å². The molecule has 0 aromatic heterocycles. The van der Waals surface area contributed by atoms with Gasteiger partial charge in [-0.15, -0.1) is 0 Å². The summed E-state index contributed by atoms with van der Waals surface area (Å²) in [5.74, 6) is 0. The molecule has 3 N–H and O–H groups in total. The molecule has 1 heterocycles. The maximum absolute atomic E-state index is 9.59. The molecular weight excluding hydrogens is 168 g/mol. The molecule has 0 spiro atoms. The highest BCUT2D eigenvalue weighted by Gasteiger charge is 2.21. The molecule has 0 bridgehead atoms. The Hall–Kier alpha value is -0.160. The third-order valence-electron chi connectivity index (χ3n) is 2.38. The lowest BCUT2D eigenvalue weighted by Gasteiger charge is -2.29. The average molecular weight is 188 g/mol. The quantitative estimate of drug-likeness (QED) is 0.501. The van der Waals surface area contributed by atoms with E-state index in [1.165, 1.54) is 0 Å². The van der Waals surface area contributed by atoms with Gasteiger partial charge >= 0.3 is 0 Å². The summed E-state index contributed by atoms with van der Waals surface area (Å²) in [6.07, 6.45) is 1.66. The lowest BCUT2D eigenvalue weighted by atomic mass is 10.0. The third kappa shape index (κ3) is 4.04. The van der Waals surface area contributed by atoms with E-state index < -0.39 is 0 Å². The fourth-order valence-corrected chi connectivity index (χ4v) is 1.56. The minimum Gasteiger partial charge on any atom is -0.391 e. The minimum absolute atomic E-state index is 0.191. The van der Waals surface area contributed by atoms with Gasteiger partial charge in [-0.25, -0.2) is 0 Å². The van der Waals surface area contributed by atoms with Crippen molar-refractivity contribution in [3.63, 3.8) is 0 Å².